The van der Waals surface area contributed by atoms with Gasteiger partial charge in [-0.25, -0.2) is 0 Å². The molecule has 0 saturated carbocycles. The van der Waals surface area contributed by atoms with Crippen LogP contribution in [0.4, 0.5) is 0 Å². The van der Waals surface area contributed by atoms with E-state index in [0.717, 1.165) is 28.5 Å². The van der Waals surface area contributed by atoms with E-state index in [0.29, 0.717) is 11.7 Å². The van der Waals surface area contributed by atoms with Gasteiger partial charge in [-0.1, -0.05) is 24.3 Å². The van der Waals surface area contributed by atoms with Gasteiger partial charge in [-0.05, 0) is 60.7 Å². The first-order valence-corrected chi connectivity index (χ1v) is 10.9. The highest BCUT2D eigenvalue weighted by Gasteiger charge is 2.41. The smallest absolute Gasteiger partial charge is 0.170 e. The highest BCUT2D eigenvalue weighted by Crippen LogP contribution is 2.41. The third-order valence-corrected chi connectivity index (χ3v) is 6.04. The fourth-order valence-corrected chi connectivity index (χ4v) is 4.55. The van der Waals surface area contributed by atoms with Crippen LogP contribution in [0.5, 0.6) is 5.75 Å². The van der Waals surface area contributed by atoms with Crippen LogP contribution in [0.15, 0.2) is 91.4 Å². The maximum Gasteiger partial charge on any atom is 0.170 e. The van der Waals surface area contributed by atoms with Crippen molar-refractivity contribution in [3.05, 3.63) is 108 Å². The third-order valence-electron chi connectivity index (χ3n) is 5.68. The molecular weight excluding hydrogens is 418 g/mol. The Kier molecular flexibility index (Phi) is 5.56. The number of rotatable bonds is 6. The molecule has 160 valence electrons. The summed E-state index contributed by atoms with van der Waals surface area (Å²) in [5.41, 5.74) is 3.97. The predicted molar refractivity (Wildman–Crippen MR) is 128 cm³/mol. The summed E-state index contributed by atoms with van der Waals surface area (Å²) < 4.78 is 7.81. The molecule has 0 aliphatic carbocycles. The van der Waals surface area contributed by atoms with Crippen LogP contribution in [0.1, 0.15) is 29.2 Å². The highest BCUT2D eigenvalue weighted by molar-refractivity contribution is 7.80. The summed E-state index contributed by atoms with van der Waals surface area (Å²) >= 11 is 5.80. The SMILES string of the molecule is COc1ccccc1-n1cccc1[C@H]1[C@@H](c2ccccn2)NC(=S)N1Cc1ccccn1. The Labute approximate surface area is 192 Å². The number of nitrogens with zero attached hydrogens (tertiary/aromatic N) is 4. The molecule has 5 rings (SSSR count). The molecule has 1 aromatic carbocycles. The number of thiocarbonyl (C=S) groups is 1. The first kappa shape index (κ1) is 20.2. The zero-order valence-corrected chi connectivity index (χ0v) is 18.4. The first-order valence-electron chi connectivity index (χ1n) is 10.4. The Morgan fingerprint density at radius 1 is 0.938 bits per heavy atom. The van der Waals surface area contributed by atoms with E-state index >= 15 is 0 Å². The van der Waals surface area contributed by atoms with Gasteiger partial charge in [0, 0.05) is 24.3 Å². The number of hydrogen-bond donors (Lipinski definition) is 1. The van der Waals surface area contributed by atoms with Gasteiger partial charge in [0.25, 0.3) is 0 Å². The van der Waals surface area contributed by atoms with Crippen molar-refractivity contribution in [3.8, 4) is 11.4 Å². The molecule has 0 amide bonds. The van der Waals surface area contributed by atoms with Gasteiger partial charge in [-0.15, -0.1) is 0 Å². The van der Waals surface area contributed by atoms with E-state index < -0.39 is 0 Å². The van der Waals surface area contributed by atoms with Crippen molar-refractivity contribution in [2.75, 3.05) is 7.11 Å². The van der Waals surface area contributed by atoms with Crippen LogP contribution in [-0.2, 0) is 6.54 Å². The molecule has 1 fully saturated rings. The molecule has 2 atom stereocenters. The Bertz CT molecular complexity index is 1210. The van der Waals surface area contributed by atoms with Gasteiger partial charge in [-0.3, -0.25) is 9.97 Å². The lowest BCUT2D eigenvalue weighted by Crippen LogP contribution is -2.30. The summed E-state index contributed by atoms with van der Waals surface area (Å²) in [5, 5.41) is 4.19. The summed E-state index contributed by atoms with van der Waals surface area (Å²) in [6, 6.07) is 23.9. The van der Waals surface area contributed by atoms with Crippen molar-refractivity contribution >= 4 is 17.3 Å². The molecule has 0 bridgehead atoms. The lowest BCUT2D eigenvalue weighted by atomic mass is 10.0. The minimum Gasteiger partial charge on any atom is -0.495 e. The Morgan fingerprint density at radius 2 is 1.72 bits per heavy atom. The van der Waals surface area contributed by atoms with E-state index in [4.69, 9.17) is 17.0 Å². The lowest BCUT2D eigenvalue weighted by molar-refractivity contribution is 0.299. The molecular formula is C25H23N5OS. The summed E-state index contributed by atoms with van der Waals surface area (Å²) in [5.74, 6) is 0.809. The average molecular weight is 442 g/mol. The van der Waals surface area contributed by atoms with Gasteiger partial charge in [-0.2, -0.15) is 0 Å². The largest absolute Gasteiger partial charge is 0.495 e. The first-order chi connectivity index (χ1) is 15.8. The number of benzene rings is 1. The number of nitrogens with one attached hydrogen (secondary N) is 1. The van der Waals surface area contributed by atoms with E-state index in [2.05, 4.69) is 49.1 Å². The molecule has 7 heteroatoms. The number of hydrogen-bond acceptors (Lipinski definition) is 4. The molecule has 4 aromatic rings. The maximum atomic E-state index is 5.80. The summed E-state index contributed by atoms with van der Waals surface area (Å²) in [6.07, 6.45) is 5.69. The van der Waals surface area contributed by atoms with E-state index in [9.17, 15) is 0 Å². The van der Waals surface area contributed by atoms with Crippen LogP contribution in [-0.4, -0.2) is 31.7 Å². The molecule has 6 nitrogen and oxygen atoms in total. The Morgan fingerprint density at radius 3 is 2.47 bits per heavy atom. The second-order valence-corrected chi connectivity index (χ2v) is 7.94. The zero-order chi connectivity index (χ0) is 21.9. The van der Waals surface area contributed by atoms with E-state index in [-0.39, 0.29) is 12.1 Å². The van der Waals surface area contributed by atoms with E-state index in [1.807, 2.05) is 67.0 Å². The fraction of sp³-hybridized carbons (Fsp3) is 0.160. The van der Waals surface area contributed by atoms with Crippen molar-refractivity contribution in [2.45, 2.75) is 18.6 Å². The quantitative estimate of drug-likeness (QED) is 0.446. The standard InChI is InChI=1S/C25H23N5OS/c1-31-22-13-3-2-11-20(22)29-16-8-12-21(29)24-23(19-10-5-7-15-27-19)28-25(32)30(24)17-18-9-4-6-14-26-18/h2-16,23-24H,17H2,1H3,(H,28,32)/t23-,24+/m1/s1. The zero-order valence-electron chi connectivity index (χ0n) is 17.6. The minimum absolute atomic E-state index is 0.0840. The van der Waals surface area contributed by atoms with Crippen LogP contribution < -0.4 is 10.1 Å². The molecule has 3 aromatic heterocycles. The number of methoxy groups -OCH3 is 1. The predicted octanol–water partition coefficient (Wildman–Crippen LogP) is 4.45. The Balaban J connectivity index is 1.62. The second kappa shape index (κ2) is 8.80. The van der Waals surface area contributed by atoms with Gasteiger partial charge in [0.15, 0.2) is 5.11 Å². The molecule has 0 spiro atoms. The van der Waals surface area contributed by atoms with Gasteiger partial charge in [0.05, 0.1) is 42.8 Å². The normalized spacial score (nSPS) is 17.9. The van der Waals surface area contributed by atoms with Crippen molar-refractivity contribution in [1.82, 2.24) is 24.8 Å². The van der Waals surface area contributed by atoms with E-state index in [1.54, 1.807) is 7.11 Å². The molecule has 1 N–H and O–H groups in total. The van der Waals surface area contributed by atoms with Gasteiger partial charge < -0.3 is 19.5 Å². The highest BCUT2D eigenvalue weighted by atomic mass is 32.1. The molecule has 1 saturated heterocycles. The van der Waals surface area contributed by atoms with Crippen LogP contribution in [0, 0.1) is 0 Å². The van der Waals surface area contributed by atoms with Gasteiger partial charge >= 0.3 is 0 Å². The topological polar surface area (TPSA) is 55.2 Å². The van der Waals surface area contributed by atoms with Crippen LogP contribution >= 0.6 is 12.2 Å². The van der Waals surface area contributed by atoms with Crippen LogP contribution in [0.25, 0.3) is 5.69 Å². The van der Waals surface area contributed by atoms with Crippen LogP contribution in [0.3, 0.4) is 0 Å². The molecule has 32 heavy (non-hydrogen) atoms. The minimum atomic E-state index is -0.101. The van der Waals surface area contributed by atoms with Crippen molar-refractivity contribution in [2.24, 2.45) is 0 Å². The molecule has 0 radical (unpaired) electrons. The van der Waals surface area contributed by atoms with Crippen molar-refractivity contribution < 1.29 is 4.74 Å². The monoisotopic (exact) mass is 441 g/mol. The fourth-order valence-electron chi connectivity index (χ4n) is 4.25. The third kappa shape index (κ3) is 3.71. The summed E-state index contributed by atoms with van der Waals surface area (Å²) in [7, 11) is 1.69. The van der Waals surface area contributed by atoms with Crippen molar-refractivity contribution in [3.63, 3.8) is 0 Å². The second-order valence-electron chi connectivity index (χ2n) is 7.55. The molecule has 1 aliphatic heterocycles. The Hall–Kier alpha value is -3.71. The van der Waals surface area contributed by atoms with Crippen LogP contribution in [0.2, 0.25) is 0 Å². The maximum absolute atomic E-state index is 5.80. The molecule has 0 unspecified atom stereocenters. The molecule has 4 heterocycles. The van der Waals surface area contributed by atoms with E-state index in [1.165, 1.54) is 0 Å². The number of pyridine rings is 2. The molecule has 1 aliphatic rings. The van der Waals surface area contributed by atoms with Gasteiger partial charge in [0.2, 0.25) is 0 Å². The number of ether oxygens (including phenoxy) is 1. The number of para-hydroxylation sites is 2. The average Bonchev–Trinajstić information content (AvgIpc) is 3.45. The lowest BCUT2D eigenvalue weighted by Gasteiger charge is -2.29. The summed E-state index contributed by atoms with van der Waals surface area (Å²) in [4.78, 5) is 11.4. The van der Waals surface area contributed by atoms with Crippen molar-refractivity contribution in [1.29, 1.82) is 0 Å². The number of aromatic nitrogens is 3. The van der Waals surface area contributed by atoms with Gasteiger partial charge in [0.1, 0.15) is 5.75 Å². The summed E-state index contributed by atoms with van der Waals surface area (Å²) in [6.45, 7) is 0.595.